The first-order chi connectivity index (χ1) is 20.2. The molecule has 1 fully saturated rings. The predicted molar refractivity (Wildman–Crippen MR) is 186 cm³/mol. The molecule has 13 heteroatoms. The van der Waals surface area contributed by atoms with Crippen molar-refractivity contribution in [1.82, 2.24) is 19.8 Å². The number of rotatable bonds is 11. The van der Waals surface area contributed by atoms with E-state index in [1.807, 2.05) is 65.6 Å². The molecule has 0 aliphatic carbocycles. The topological polar surface area (TPSA) is 132 Å². The Morgan fingerprint density at radius 2 is 1.51 bits per heavy atom. The lowest BCUT2D eigenvalue weighted by Crippen LogP contribution is -2.56. The van der Waals surface area contributed by atoms with Gasteiger partial charge in [0.05, 0.1) is 25.1 Å². The van der Waals surface area contributed by atoms with Gasteiger partial charge in [0.1, 0.15) is 12.1 Å². The number of nitrogens with zero attached hydrogens (tertiary/aromatic N) is 3. The van der Waals surface area contributed by atoms with Gasteiger partial charge in [0.15, 0.2) is 5.82 Å². The van der Waals surface area contributed by atoms with Gasteiger partial charge < -0.3 is 30.6 Å². The van der Waals surface area contributed by atoms with Crippen molar-refractivity contribution in [3.63, 3.8) is 0 Å². The van der Waals surface area contributed by atoms with Crippen molar-refractivity contribution in [1.29, 1.82) is 0 Å². The van der Waals surface area contributed by atoms with Crippen molar-refractivity contribution >= 4 is 61.8 Å². The van der Waals surface area contributed by atoms with E-state index < -0.39 is 29.4 Å². The number of ether oxygens (including phenoxy) is 1. The maximum atomic E-state index is 13.9. The Labute approximate surface area is 285 Å². The zero-order chi connectivity index (χ0) is 30.0. The molecule has 3 aromatic rings. The van der Waals surface area contributed by atoms with Crippen molar-refractivity contribution in [2.24, 2.45) is 5.73 Å². The fraction of sp³-hybridized carbons (Fsp3) is 0.438. The second kappa shape index (κ2) is 19.4. The molecule has 0 radical (unpaired) electrons. The van der Waals surface area contributed by atoms with E-state index in [9.17, 15) is 14.4 Å². The van der Waals surface area contributed by atoms with Gasteiger partial charge in [-0.15, -0.1) is 24.8 Å². The Kier molecular flexibility index (Phi) is 17.2. The second-order valence-electron chi connectivity index (χ2n) is 11.4. The summed E-state index contributed by atoms with van der Waals surface area (Å²) < 4.78 is 7.51. The number of hydrogen-bond donors (Lipinski definition) is 3. The molecule has 45 heavy (non-hydrogen) atoms. The average molecular weight is 682 g/mol. The molecule has 1 unspecified atom stereocenters. The molecular formula is C32H46Cl2N6O4S. The molecule has 1 aliphatic heterocycles. The number of anilines is 1. The van der Waals surface area contributed by atoms with Crippen LogP contribution >= 0.6 is 38.3 Å². The number of nitrogens with one attached hydrogen (secondary N) is 2. The lowest BCUT2D eigenvalue weighted by atomic mass is 10.0. The quantitative estimate of drug-likeness (QED) is 0.271. The van der Waals surface area contributed by atoms with Gasteiger partial charge in [0, 0.05) is 19.3 Å². The summed E-state index contributed by atoms with van der Waals surface area (Å²) in [5, 5.41) is 5.47. The Hall–Kier alpha value is -3.09. The van der Waals surface area contributed by atoms with Crippen LogP contribution in [-0.2, 0) is 25.7 Å². The number of aromatic nitrogens is 2. The molecule has 0 bridgehead atoms. The van der Waals surface area contributed by atoms with Crippen LogP contribution in [0.2, 0.25) is 0 Å². The molecule has 248 valence electrons. The van der Waals surface area contributed by atoms with E-state index >= 15 is 0 Å². The van der Waals surface area contributed by atoms with Gasteiger partial charge in [0.25, 0.3) is 5.91 Å². The Morgan fingerprint density at radius 1 is 0.933 bits per heavy atom. The lowest BCUT2D eigenvalue weighted by Gasteiger charge is -2.29. The number of imidazole rings is 1. The predicted octanol–water partition coefficient (Wildman–Crippen LogP) is 4.60. The van der Waals surface area contributed by atoms with Crippen LogP contribution < -0.4 is 16.4 Å². The maximum absolute atomic E-state index is 13.9. The summed E-state index contributed by atoms with van der Waals surface area (Å²) >= 11 is 0. The fourth-order valence-corrected chi connectivity index (χ4v) is 4.87. The minimum Gasteiger partial charge on any atom is -0.374 e. The molecule has 0 saturated carbocycles. The summed E-state index contributed by atoms with van der Waals surface area (Å²) in [7, 11) is 0. The van der Waals surface area contributed by atoms with Crippen LogP contribution in [0, 0.1) is 0 Å². The number of likely N-dealkylation sites (tertiary alicyclic amines) is 1. The smallest absolute Gasteiger partial charge is 0.250 e. The molecule has 3 amide bonds. The number of hydrogen-bond acceptors (Lipinski definition) is 6. The van der Waals surface area contributed by atoms with Crippen LogP contribution in [0.3, 0.4) is 0 Å². The normalized spacial score (nSPS) is 14.6. The van der Waals surface area contributed by atoms with Crippen LogP contribution in [0.4, 0.5) is 5.82 Å². The summed E-state index contributed by atoms with van der Waals surface area (Å²) in [6.45, 7) is 4.79. The summed E-state index contributed by atoms with van der Waals surface area (Å²) in [5.41, 5.74) is 6.56. The molecule has 2 atom stereocenters. The standard InChI is InChI=1S/C32H42N6O4.2ClH.H2S/c1-32(2,33)31(41)35-26(22-42-21-24-14-8-6-9-15-24)29(39)36-27-20-38(23-34-27)28(25-16-10-7-11-17-25)30(40)37-18-12-4-3-5-13-19-37;;;/h6-11,14-17,20,23,26,28H,3-5,12-13,18-19,21-22,33H2,1-2H3,(H,35,41)(H,36,39);2*1H;1H2/t26-,28?;;;/m1.../s1. The van der Waals surface area contributed by atoms with E-state index in [0.29, 0.717) is 0 Å². The number of halogens is 2. The van der Waals surface area contributed by atoms with Crippen molar-refractivity contribution in [3.05, 3.63) is 84.3 Å². The Morgan fingerprint density at radius 3 is 2.11 bits per heavy atom. The number of carbonyl (C=O) groups is 3. The molecule has 2 heterocycles. The Bertz CT molecular complexity index is 1320. The van der Waals surface area contributed by atoms with Gasteiger partial charge in [-0.2, -0.15) is 13.5 Å². The van der Waals surface area contributed by atoms with Crippen LogP contribution in [0.5, 0.6) is 0 Å². The van der Waals surface area contributed by atoms with Gasteiger partial charge >= 0.3 is 0 Å². The summed E-state index contributed by atoms with van der Waals surface area (Å²) in [5.74, 6) is -0.726. The monoisotopic (exact) mass is 680 g/mol. The van der Waals surface area contributed by atoms with Crippen LogP contribution in [0.15, 0.2) is 73.2 Å². The fourth-order valence-electron chi connectivity index (χ4n) is 4.87. The van der Waals surface area contributed by atoms with E-state index in [4.69, 9.17) is 10.5 Å². The van der Waals surface area contributed by atoms with Crippen LogP contribution in [0.1, 0.15) is 63.1 Å². The van der Waals surface area contributed by atoms with E-state index in [-0.39, 0.29) is 63.2 Å². The summed E-state index contributed by atoms with van der Waals surface area (Å²) in [6.07, 6.45) is 8.61. The molecule has 10 nitrogen and oxygen atoms in total. The lowest BCUT2D eigenvalue weighted by molar-refractivity contribution is -0.134. The first-order valence-corrected chi connectivity index (χ1v) is 14.6. The highest BCUT2D eigenvalue weighted by Gasteiger charge is 2.30. The summed E-state index contributed by atoms with van der Waals surface area (Å²) in [6, 6.07) is 17.5. The van der Waals surface area contributed by atoms with E-state index in [1.165, 1.54) is 6.42 Å². The van der Waals surface area contributed by atoms with Crippen molar-refractivity contribution in [3.8, 4) is 0 Å². The first kappa shape index (κ1) is 39.9. The van der Waals surface area contributed by atoms with Gasteiger partial charge in [-0.1, -0.05) is 79.9 Å². The number of benzene rings is 2. The van der Waals surface area contributed by atoms with Crippen molar-refractivity contribution in [2.45, 2.75) is 70.2 Å². The zero-order valence-corrected chi connectivity index (χ0v) is 28.4. The molecule has 1 aliphatic rings. The van der Waals surface area contributed by atoms with Gasteiger partial charge in [-0.05, 0) is 37.8 Å². The van der Waals surface area contributed by atoms with E-state index in [1.54, 1.807) is 30.9 Å². The maximum Gasteiger partial charge on any atom is 0.250 e. The minimum absolute atomic E-state index is 0. The van der Waals surface area contributed by atoms with Gasteiger partial charge in [-0.3, -0.25) is 14.4 Å². The largest absolute Gasteiger partial charge is 0.374 e. The SMILES string of the molecule is CC(C)(N)C(=O)N[C@H](COCc1ccccc1)C(=O)Nc1cn(C(C(=O)N2CCCCCCC2)c2ccccc2)cn1.Cl.Cl.S. The average Bonchev–Trinajstić information content (AvgIpc) is 3.40. The highest BCUT2D eigenvalue weighted by molar-refractivity contribution is 7.59. The third-order valence-corrected chi connectivity index (χ3v) is 7.27. The van der Waals surface area contributed by atoms with Crippen molar-refractivity contribution in [2.75, 3.05) is 25.0 Å². The molecular weight excluding hydrogens is 635 g/mol. The number of carbonyl (C=O) groups excluding carboxylic acids is 3. The number of amides is 3. The van der Waals surface area contributed by atoms with E-state index in [0.717, 1.165) is 49.9 Å². The van der Waals surface area contributed by atoms with Crippen LogP contribution in [-0.4, -0.2) is 63.4 Å². The first-order valence-electron chi connectivity index (χ1n) is 14.6. The summed E-state index contributed by atoms with van der Waals surface area (Å²) in [4.78, 5) is 46.2. The molecule has 4 N–H and O–H groups in total. The Balaban J connectivity index is 0.00000337. The molecule has 1 aromatic heterocycles. The second-order valence-corrected chi connectivity index (χ2v) is 11.4. The molecule has 0 spiro atoms. The third-order valence-electron chi connectivity index (χ3n) is 7.27. The zero-order valence-electron chi connectivity index (χ0n) is 25.8. The van der Waals surface area contributed by atoms with E-state index in [2.05, 4.69) is 15.6 Å². The molecule has 2 aromatic carbocycles. The van der Waals surface area contributed by atoms with Gasteiger partial charge in [-0.25, -0.2) is 4.98 Å². The van der Waals surface area contributed by atoms with Gasteiger partial charge in [0.2, 0.25) is 11.8 Å². The number of nitrogens with two attached hydrogens (primary N) is 1. The molecule has 1 saturated heterocycles. The minimum atomic E-state index is -1.19. The highest BCUT2D eigenvalue weighted by atomic mass is 35.5. The van der Waals surface area contributed by atoms with Crippen LogP contribution in [0.25, 0.3) is 0 Å². The third kappa shape index (κ3) is 12.0. The van der Waals surface area contributed by atoms with Crippen molar-refractivity contribution < 1.29 is 19.1 Å². The molecule has 4 rings (SSSR count). The highest BCUT2D eigenvalue weighted by Crippen LogP contribution is 2.24.